The van der Waals surface area contributed by atoms with Crippen LogP contribution in [0.4, 0.5) is 19.0 Å². The molecule has 2 aromatic rings. The van der Waals surface area contributed by atoms with Gasteiger partial charge in [-0.25, -0.2) is 9.78 Å². The van der Waals surface area contributed by atoms with Crippen molar-refractivity contribution in [2.45, 2.75) is 43.0 Å². The molecule has 1 amide bonds. The van der Waals surface area contributed by atoms with E-state index in [1.165, 1.54) is 18.3 Å². The highest BCUT2D eigenvalue weighted by atomic mass is 32.2. The lowest BCUT2D eigenvalue weighted by Gasteiger charge is -2.35. The number of likely N-dealkylation sites (tertiary alicyclic amines) is 2. The van der Waals surface area contributed by atoms with Crippen molar-refractivity contribution >= 4 is 40.2 Å². The van der Waals surface area contributed by atoms with Gasteiger partial charge in [-0.2, -0.15) is 13.2 Å². The van der Waals surface area contributed by atoms with E-state index in [4.69, 9.17) is 5.73 Å². The molecule has 2 saturated heterocycles. The van der Waals surface area contributed by atoms with E-state index in [2.05, 4.69) is 20.5 Å². The van der Waals surface area contributed by atoms with Gasteiger partial charge >= 0.3 is 12.1 Å². The molecule has 0 saturated carbocycles. The molecule has 0 radical (unpaired) electrons. The van der Waals surface area contributed by atoms with Gasteiger partial charge in [0.25, 0.3) is 0 Å². The lowest BCUT2D eigenvalue weighted by atomic mass is 9.95. The molecule has 2 fully saturated rings. The lowest BCUT2D eigenvalue weighted by molar-refractivity contribution is -0.149. The van der Waals surface area contributed by atoms with Gasteiger partial charge in [0.15, 0.2) is 0 Å². The third-order valence-corrected chi connectivity index (χ3v) is 7.92. The maximum Gasteiger partial charge on any atom is 0.416 e. The molecule has 2 unspecified atom stereocenters. The van der Waals surface area contributed by atoms with Gasteiger partial charge in [-0.3, -0.25) is 9.69 Å². The summed E-state index contributed by atoms with van der Waals surface area (Å²) in [5, 5.41) is 17.6. The van der Waals surface area contributed by atoms with Gasteiger partial charge in [0, 0.05) is 43.8 Å². The molecule has 13 heteroatoms. The van der Waals surface area contributed by atoms with Crippen molar-refractivity contribution in [3.05, 3.63) is 46.8 Å². The number of fused-ring (bicyclic) bond motifs is 1. The number of carboxylic acids is 1. The number of nitrogens with one attached hydrogen (secondary N) is 2. The van der Waals surface area contributed by atoms with Crippen molar-refractivity contribution < 1.29 is 27.9 Å². The molecule has 1 aromatic carbocycles. The Balaban J connectivity index is 1.34. The van der Waals surface area contributed by atoms with Crippen LogP contribution < -0.4 is 16.4 Å². The fourth-order valence-electron chi connectivity index (χ4n) is 4.75. The van der Waals surface area contributed by atoms with Crippen LogP contribution in [0.3, 0.4) is 0 Å². The average molecular weight is 523 g/mol. The van der Waals surface area contributed by atoms with Crippen LogP contribution in [0.15, 0.2) is 35.6 Å². The standard InChI is InChI=1S/C23H25F3N6O3S/c24-23(25,26)15-10-14-12(2-4-28-19(14)27)8-13(15)9-17(21(34)35)32-7-3-16(20(32)33)30-18-11-29-22(36-18)31-5-1-6-31/h2,4,8,10-11,16-17,22,29-30H,1,3,5-7,9H2,(H2,27,28)(H,34,35)/t16-,17?,22?/m0/s1. The number of anilines is 1. The van der Waals surface area contributed by atoms with Crippen LogP contribution in [0.25, 0.3) is 10.8 Å². The molecule has 5 rings (SSSR count). The Bertz CT molecular complexity index is 1240. The molecule has 3 aliphatic heterocycles. The highest BCUT2D eigenvalue weighted by Crippen LogP contribution is 2.37. The van der Waals surface area contributed by atoms with Gasteiger partial charge in [0.1, 0.15) is 23.4 Å². The molecule has 9 nitrogen and oxygen atoms in total. The molecule has 3 atom stereocenters. The maximum absolute atomic E-state index is 13.9. The summed E-state index contributed by atoms with van der Waals surface area (Å²) in [5.74, 6) is -1.85. The summed E-state index contributed by atoms with van der Waals surface area (Å²) in [6.07, 6.45) is -0.562. The first-order valence-corrected chi connectivity index (χ1v) is 12.4. The number of carbonyl (C=O) groups excluding carboxylic acids is 1. The minimum absolute atomic E-state index is 0.0482. The monoisotopic (exact) mass is 522 g/mol. The number of hydrogen-bond acceptors (Lipinski definition) is 8. The summed E-state index contributed by atoms with van der Waals surface area (Å²) in [5.41, 5.74) is 4.65. The summed E-state index contributed by atoms with van der Waals surface area (Å²) in [6, 6.07) is 1.60. The van der Waals surface area contributed by atoms with E-state index >= 15 is 0 Å². The number of aliphatic carboxylic acids is 1. The Morgan fingerprint density at radius 1 is 1.33 bits per heavy atom. The maximum atomic E-state index is 13.9. The Morgan fingerprint density at radius 2 is 2.11 bits per heavy atom. The number of thioether (sulfide) groups is 1. The number of benzene rings is 1. The van der Waals surface area contributed by atoms with E-state index in [9.17, 15) is 27.9 Å². The Hall–Kier alpha value is -3.19. The summed E-state index contributed by atoms with van der Waals surface area (Å²) in [6.45, 7) is 2.13. The third-order valence-electron chi connectivity index (χ3n) is 6.77. The van der Waals surface area contributed by atoms with E-state index in [0.29, 0.717) is 11.8 Å². The number of pyridine rings is 1. The lowest BCUT2D eigenvalue weighted by Crippen LogP contribution is -2.48. The predicted molar refractivity (Wildman–Crippen MR) is 128 cm³/mol. The number of rotatable bonds is 7. The van der Waals surface area contributed by atoms with Crippen LogP contribution in [-0.2, 0) is 22.2 Å². The number of nitrogens with two attached hydrogens (primary N) is 1. The SMILES string of the molecule is Nc1nccc2cc(CC(C(=O)O)N3CC[C@H](NC4=CNC(N5CCC5)S4)C3=O)c(C(F)(F)F)cc12. The van der Waals surface area contributed by atoms with Gasteiger partial charge < -0.3 is 26.4 Å². The van der Waals surface area contributed by atoms with Crippen molar-refractivity contribution in [2.75, 3.05) is 25.4 Å². The van der Waals surface area contributed by atoms with Crippen LogP contribution in [0.2, 0.25) is 0 Å². The predicted octanol–water partition coefficient (Wildman–Crippen LogP) is 2.15. The van der Waals surface area contributed by atoms with E-state index in [1.807, 2.05) is 0 Å². The highest BCUT2D eigenvalue weighted by Gasteiger charge is 2.42. The van der Waals surface area contributed by atoms with Crippen molar-refractivity contribution in [1.29, 1.82) is 0 Å². The summed E-state index contributed by atoms with van der Waals surface area (Å²) < 4.78 is 41.7. The zero-order valence-corrected chi connectivity index (χ0v) is 19.9. The van der Waals surface area contributed by atoms with Crippen molar-refractivity contribution in [3.63, 3.8) is 0 Å². The smallest absolute Gasteiger partial charge is 0.416 e. The Labute approximate surface area is 208 Å². The molecule has 5 N–H and O–H groups in total. The van der Waals surface area contributed by atoms with Gasteiger partial charge in [0.05, 0.1) is 10.6 Å². The third kappa shape index (κ3) is 4.64. The number of carbonyl (C=O) groups is 2. The van der Waals surface area contributed by atoms with Crippen molar-refractivity contribution in [3.8, 4) is 0 Å². The summed E-state index contributed by atoms with van der Waals surface area (Å²) >= 11 is 1.55. The van der Waals surface area contributed by atoms with E-state index in [-0.39, 0.29) is 28.8 Å². The number of amides is 1. The second-order valence-electron chi connectivity index (χ2n) is 9.03. The van der Waals surface area contributed by atoms with Crippen LogP contribution in [0.5, 0.6) is 0 Å². The van der Waals surface area contributed by atoms with Gasteiger partial charge in [-0.1, -0.05) is 17.8 Å². The van der Waals surface area contributed by atoms with Gasteiger partial charge in [-0.05, 0) is 35.9 Å². The molecule has 3 aliphatic rings. The highest BCUT2D eigenvalue weighted by molar-refractivity contribution is 8.03. The molecule has 192 valence electrons. The molecule has 36 heavy (non-hydrogen) atoms. The minimum atomic E-state index is -4.74. The van der Waals surface area contributed by atoms with Crippen LogP contribution in [0, 0.1) is 0 Å². The number of carboxylic acid groups (broad SMARTS) is 1. The first-order valence-electron chi connectivity index (χ1n) is 11.5. The average Bonchev–Trinajstić information content (AvgIpc) is 3.37. The topological polar surface area (TPSA) is 124 Å². The van der Waals surface area contributed by atoms with Gasteiger partial charge in [-0.15, -0.1) is 0 Å². The summed E-state index contributed by atoms with van der Waals surface area (Å²) in [7, 11) is 0. The molecule has 1 aromatic heterocycles. The van der Waals surface area contributed by atoms with E-state index in [0.717, 1.165) is 35.5 Å². The van der Waals surface area contributed by atoms with E-state index < -0.39 is 42.1 Å². The van der Waals surface area contributed by atoms with Crippen LogP contribution in [0.1, 0.15) is 24.0 Å². The largest absolute Gasteiger partial charge is 0.480 e. The quantitative estimate of drug-likeness (QED) is 0.433. The van der Waals surface area contributed by atoms with Crippen LogP contribution >= 0.6 is 11.8 Å². The second-order valence-corrected chi connectivity index (χ2v) is 10.2. The number of alkyl halides is 3. The first-order chi connectivity index (χ1) is 17.1. The fraction of sp³-hybridized carbons (Fsp3) is 0.435. The van der Waals surface area contributed by atoms with Gasteiger partial charge in [0.2, 0.25) is 5.91 Å². The fourth-order valence-corrected chi connectivity index (χ4v) is 5.83. The van der Waals surface area contributed by atoms with E-state index in [1.54, 1.807) is 18.0 Å². The molecule has 0 aliphatic carbocycles. The first kappa shape index (κ1) is 24.5. The van der Waals surface area contributed by atoms with Crippen molar-refractivity contribution in [2.24, 2.45) is 0 Å². The number of nitrogen functional groups attached to an aromatic ring is 1. The minimum Gasteiger partial charge on any atom is -0.480 e. The molecule has 0 bridgehead atoms. The van der Waals surface area contributed by atoms with Crippen molar-refractivity contribution in [1.82, 2.24) is 25.4 Å². The normalized spacial score (nSPS) is 23.4. The second kappa shape index (κ2) is 9.36. The Morgan fingerprint density at radius 3 is 2.78 bits per heavy atom. The summed E-state index contributed by atoms with van der Waals surface area (Å²) in [4.78, 5) is 32.6. The van der Waals surface area contributed by atoms with Crippen LogP contribution in [-0.4, -0.2) is 69.0 Å². The molecular weight excluding hydrogens is 497 g/mol. The number of halogens is 3. The Kier molecular flexibility index (Phi) is 6.37. The number of nitrogens with zero attached hydrogens (tertiary/aromatic N) is 3. The number of hydrogen-bond donors (Lipinski definition) is 4. The molecular formula is C23H25F3N6O3S. The molecule has 0 spiro atoms. The zero-order valence-electron chi connectivity index (χ0n) is 19.1. The zero-order chi connectivity index (χ0) is 25.6. The number of aromatic nitrogens is 1. The molecule has 4 heterocycles.